The van der Waals surface area contributed by atoms with Crippen molar-refractivity contribution in [2.75, 3.05) is 13.6 Å². The molecule has 1 N–H and O–H groups in total. The second-order valence-electron chi connectivity index (χ2n) is 4.28. The Morgan fingerprint density at radius 1 is 1.53 bits per heavy atom. The fraction of sp³-hybridized carbons (Fsp3) is 0.750. The second-order valence-corrected chi connectivity index (χ2v) is 4.28. The van der Waals surface area contributed by atoms with Gasteiger partial charge in [-0.3, -0.25) is 0 Å². The highest BCUT2D eigenvalue weighted by atomic mass is 16.2. The molecule has 1 aliphatic carbocycles. The average molecular weight is 210 g/mol. The van der Waals surface area contributed by atoms with E-state index in [0.29, 0.717) is 6.04 Å². The molecule has 0 bridgehead atoms. The summed E-state index contributed by atoms with van der Waals surface area (Å²) in [5, 5.41) is 3.07. The summed E-state index contributed by atoms with van der Waals surface area (Å²) in [6, 6.07) is 0.491. The van der Waals surface area contributed by atoms with E-state index in [2.05, 4.69) is 11.9 Å². The van der Waals surface area contributed by atoms with Gasteiger partial charge in [-0.1, -0.05) is 18.9 Å². The third kappa shape index (κ3) is 4.36. The Hall–Kier alpha value is -0.990. The predicted molar refractivity (Wildman–Crippen MR) is 62.8 cm³/mol. The minimum atomic E-state index is 0.0750. The molecule has 0 saturated heterocycles. The lowest BCUT2D eigenvalue weighted by molar-refractivity contribution is 0.204. The van der Waals surface area contributed by atoms with Crippen LogP contribution in [0.2, 0.25) is 0 Å². The first-order valence-corrected chi connectivity index (χ1v) is 5.86. The van der Waals surface area contributed by atoms with Crippen molar-refractivity contribution in [3.8, 4) is 0 Å². The summed E-state index contributed by atoms with van der Waals surface area (Å²) < 4.78 is 0. The van der Waals surface area contributed by atoms with Crippen LogP contribution < -0.4 is 5.32 Å². The lowest BCUT2D eigenvalue weighted by Gasteiger charge is -2.20. The maximum Gasteiger partial charge on any atom is 0.317 e. The third-order valence-corrected chi connectivity index (χ3v) is 2.93. The van der Waals surface area contributed by atoms with Crippen molar-refractivity contribution >= 4 is 6.03 Å². The molecule has 2 amide bonds. The molecule has 0 spiro atoms. The van der Waals surface area contributed by atoms with Crippen molar-refractivity contribution in [2.24, 2.45) is 0 Å². The first-order chi connectivity index (χ1) is 7.24. The monoisotopic (exact) mass is 210 g/mol. The number of hydrogen-bond acceptors (Lipinski definition) is 1. The molecule has 1 fully saturated rings. The van der Waals surface area contributed by atoms with Crippen molar-refractivity contribution in [3.05, 3.63) is 12.7 Å². The zero-order valence-corrected chi connectivity index (χ0v) is 9.67. The summed E-state index contributed by atoms with van der Waals surface area (Å²) >= 11 is 0. The van der Waals surface area contributed by atoms with E-state index in [4.69, 9.17) is 0 Å². The highest BCUT2D eigenvalue weighted by molar-refractivity contribution is 5.74. The van der Waals surface area contributed by atoms with E-state index in [-0.39, 0.29) is 6.03 Å². The zero-order valence-electron chi connectivity index (χ0n) is 9.67. The highest BCUT2D eigenvalue weighted by Gasteiger charge is 2.18. The number of hydrogen-bond donors (Lipinski definition) is 1. The van der Waals surface area contributed by atoms with E-state index in [1.54, 1.807) is 4.90 Å². The number of carbonyl (C=O) groups excluding carboxylic acids is 1. The van der Waals surface area contributed by atoms with Crippen LogP contribution in [0.15, 0.2) is 12.7 Å². The molecule has 0 aliphatic heterocycles. The van der Waals surface area contributed by atoms with Crippen LogP contribution in [0.1, 0.15) is 38.5 Å². The van der Waals surface area contributed by atoms with Crippen LogP contribution in [0, 0.1) is 0 Å². The van der Waals surface area contributed by atoms with E-state index in [0.717, 1.165) is 32.2 Å². The summed E-state index contributed by atoms with van der Waals surface area (Å²) in [4.78, 5) is 13.4. The van der Waals surface area contributed by atoms with E-state index in [1.165, 1.54) is 12.8 Å². The molecule has 0 aromatic rings. The first kappa shape index (κ1) is 12.1. The molecular formula is C12H22N2O. The quantitative estimate of drug-likeness (QED) is 0.549. The number of carbonyl (C=O) groups is 1. The number of rotatable bonds is 5. The van der Waals surface area contributed by atoms with Gasteiger partial charge in [0.2, 0.25) is 0 Å². The van der Waals surface area contributed by atoms with Gasteiger partial charge in [0.15, 0.2) is 0 Å². The Kier molecular flexibility index (Phi) is 5.22. The van der Waals surface area contributed by atoms with Gasteiger partial charge in [-0.2, -0.15) is 0 Å². The summed E-state index contributed by atoms with van der Waals surface area (Å²) in [6.07, 6.45) is 8.66. The molecule has 86 valence electrons. The standard InChI is InChI=1S/C12H22N2O/c1-3-4-7-10-14(2)12(15)13-11-8-5-6-9-11/h3,11H,1,4-10H2,2H3,(H,13,15). The van der Waals surface area contributed by atoms with E-state index in [9.17, 15) is 4.79 Å². The molecule has 0 unspecified atom stereocenters. The molecule has 1 saturated carbocycles. The molecular weight excluding hydrogens is 188 g/mol. The van der Waals surface area contributed by atoms with Crippen LogP contribution in [0.5, 0.6) is 0 Å². The Labute approximate surface area is 92.5 Å². The number of nitrogens with zero attached hydrogens (tertiary/aromatic N) is 1. The summed E-state index contributed by atoms with van der Waals surface area (Å²) in [5.41, 5.74) is 0. The molecule has 3 nitrogen and oxygen atoms in total. The second kappa shape index (κ2) is 6.49. The smallest absolute Gasteiger partial charge is 0.317 e. The van der Waals surface area contributed by atoms with Gasteiger partial charge in [0.05, 0.1) is 0 Å². The van der Waals surface area contributed by atoms with Crippen molar-refractivity contribution < 1.29 is 4.79 Å². The van der Waals surface area contributed by atoms with Gasteiger partial charge in [-0.25, -0.2) is 4.79 Å². The van der Waals surface area contributed by atoms with Crippen LogP contribution in [-0.2, 0) is 0 Å². The fourth-order valence-electron chi connectivity index (χ4n) is 1.93. The zero-order chi connectivity index (χ0) is 11.1. The van der Waals surface area contributed by atoms with Crippen LogP contribution in [-0.4, -0.2) is 30.6 Å². The SMILES string of the molecule is C=CCCCN(C)C(=O)NC1CCCC1. The summed E-state index contributed by atoms with van der Waals surface area (Å²) in [6.45, 7) is 4.48. The minimum absolute atomic E-state index is 0.0750. The molecule has 3 heteroatoms. The van der Waals surface area contributed by atoms with Gasteiger partial charge in [0, 0.05) is 19.6 Å². The molecule has 1 rings (SSSR count). The Morgan fingerprint density at radius 3 is 2.80 bits per heavy atom. The molecule has 0 atom stereocenters. The minimum Gasteiger partial charge on any atom is -0.335 e. The van der Waals surface area contributed by atoms with Crippen molar-refractivity contribution in [3.63, 3.8) is 0 Å². The largest absolute Gasteiger partial charge is 0.335 e. The van der Waals surface area contributed by atoms with Crippen molar-refractivity contribution in [1.82, 2.24) is 10.2 Å². The Bertz CT molecular complexity index is 210. The molecule has 1 aliphatic rings. The highest BCUT2D eigenvalue weighted by Crippen LogP contribution is 2.17. The predicted octanol–water partition coefficient (Wildman–Crippen LogP) is 2.54. The van der Waals surface area contributed by atoms with E-state index in [1.807, 2.05) is 13.1 Å². The Morgan fingerprint density at radius 2 is 2.20 bits per heavy atom. The summed E-state index contributed by atoms with van der Waals surface area (Å²) in [7, 11) is 1.85. The normalized spacial score (nSPS) is 16.3. The van der Waals surface area contributed by atoms with Crippen molar-refractivity contribution in [1.29, 1.82) is 0 Å². The fourth-order valence-corrected chi connectivity index (χ4v) is 1.93. The number of amides is 2. The third-order valence-electron chi connectivity index (χ3n) is 2.93. The van der Waals surface area contributed by atoms with Gasteiger partial charge >= 0.3 is 6.03 Å². The molecule has 0 heterocycles. The van der Waals surface area contributed by atoms with Crippen LogP contribution in [0.3, 0.4) is 0 Å². The average Bonchev–Trinajstić information content (AvgIpc) is 2.70. The molecule has 15 heavy (non-hydrogen) atoms. The van der Waals surface area contributed by atoms with Crippen LogP contribution in [0.4, 0.5) is 4.79 Å². The number of nitrogens with one attached hydrogen (secondary N) is 1. The lowest BCUT2D eigenvalue weighted by atomic mass is 10.2. The lowest BCUT2D eigenvalue weighted by Crippen LogP contribution is -2.42. The van der Waals surface area contributed by atoms with Gasteiger partial charge in [0.1, 0.15) is 0 Å². The number of unbranched alkanes of at least 4 members (excludes halogenated alkanes) is 1. The molecule has 0 aromatic carbocycles. The molecule has 0 radical (unpaired) electrons. The van der Waals surface area contributed by atoms with Gasteiger partial charge < -0.3 is 10.2 Å². The maximum atomic E-state index is 11.7. The number of allylic oxidation sites excluding steroid dienone is 1. The molecule has 0 aromatic heterocycles. The van der Waals surface area contributed by atoms with Gasteiger partial charge in [-0.15, -0.1) is 6.58 Å². The topological polar surface area (TPSA) is 32.3 Å². The summed E-state index contributed by atoms with van der Waals surface area (Å²) in [5.74, 6) is 0. The number of urea groups is 1. The van der Waals surface area contributed by atoms with E-state index >= 15 is 0 Å². The van der Waals surface area contributed by atoms with Gasteiger partial charge in [0.25, 0.3) is 0 Å². The van der Waals surface area contributed by atoms with Crippen LogP contribution in [0.25, 0.3) is 0 Å². The first-order valence-electron chi connectivity index (χ1n) is 5.86. The van der Waals surface area contributed by atoms with Crippen LogP contribution >= 0.6 is 0 Å². The van der Waals surface area contributed by atoms with Crippen molar-refractivity contribution in [2.45, 2.75) is 44.6 Å². The maximum absolute atomic E-state index is 11.7. The van der Waals surface area contributed by atoms with Gasteiger partial charge in [-0.05, 0) is 25.7 Å². The van der Waals surface area contributed by atoms with E-state index < -0.39 is 0 Å². The Balaban J connectivity index is 2.16.